The third-order valence-corrected chi connectivity index (χ3v) is 6.60. The first-order chi connectivity index (χ1) is 13.5. The number of nitrogens with zero attached hydrogens (tertiary/aromatic N) is 1. The van der Waals surface area contributed by atoms with Gasteiger partial charge >= 0.3 is 0 Å². The van der Waals surface area contributed by atoms with E-state index in [1.54, 1.807) is 12.1 Å². The van der Waals surface area contributed by atoms with E-state index in [-0.39, 0.29) is 29.3 Å². The maximum atomic E-state index is 12.5. The molecule has 1 heterocycles. The third-order valence-electron chi connectivity index (χ3n) is 4.76. The molecule has 0 spiro atoms. The van der Waals surface area contributed by atoms with E-state index in [9.17, 15) is 18.0 Å². The Morgan fingerprint density at radius 1 is 0.929 bits per heavy atom. The Bertz CT molecular complexity index is 1190. The molecule has 0 aliphatic carbocycles. The summed E-state index contributed by atoms with van der Waals surface area (Å²) in [6.45, 7) is 0.157. The summed E-state index contributed by atoms with van der Waals surface area (Å²) in [7, 11) is -3.88. The predicted molar refractivity (Wildman–Crippen MR) is 105 cm³/mol. The Labute approximate surface area is 162 Å². The summed E-state index contributed by atoms with van der Waals surface area (Å²) in [6, 6.07) is 19.9. The van der Waals surface area contributed by atoms with Gasteiger partial charge in [-0.15, -0.1) is 0 Å². The second-order valence-electron chi connectivity index (χ2n) is 6.59. The molecule has 1 aliphatic heterocycles. The molecule has 3 aromatic carbocycles. The molecule has 0 atom stereocenters. The van der Waals surface area contributed by atoms with Gasteiger partial charge in [-0.05, 0) is 34.5 Å². The number of benzene rings is 3. The van der Waals surface area contributed by atoms with E-state index in [4.69, 9.17) is 0 Å². The normalized spacial score (nSPS) is 14.9. The van der Waals surface area contributed by atoms with Crippen molar-refractivity contribution >= 4 is 32.6 Å². The van der Waals surface area contributed by atoms with Crippen LogP contribution in [0, 0.1) is 0 Å². The average molecular weight is 394 g/mol. The van der Waals surface area contributed by atoms with Crippen molar-refractivity contribution in [2.75, 3.05) is 6.54 Å². The van der Waals surface area contributed by atoms with Crippen LogP contribution in [0.15, 0.2) is 71.6 Å². The third kappa shape index (κ3) is 3.25. The van der Waals surface area contributed by atoms with Crippen LogP contribution >= 0.6 is 0 Å². The van der Waals surface area contributed by atoms with Gasteiger partial charge in [0, 0.05) is 19.5 Å². The molecule has 6 nitrogen and oxygen atoms in total. The quantitative estimate of drug-likeness (QED) is 0.721. The second kappa shape index (κ2) is 7.09. The van der Waals surface area contributed by atoms with Crippen LogP contribution < -0.4 is 5.32 Å². The second-order valence-corrected chi connectivity index (χ2v) is 8.42. The number of hydrogen-bond donors (Lipinski definition) is 1. The maximum Gasteiger partial charge on any atom is 0.269 e. The summed E-state index contributed by atoms with van der Waals surface area (Å²) in [5.74, 6) is -0.898. The topological polar surface area (TPSA) is 83.6 Å². The van der Waals surface area contributed by atoms with Crippen LogP contribution in [0.25, 0.3) is 10.8 Å². The molecular formula is C21H18N2O4S. The molecule has 0 unspecified atom stereocenters. The number of sulfonamides is 1. The predicted octanol–water partition coefficient (Wildman–Crippen LogP) is 2.69. The molecule has 2 amide bonds. The molecule has 0 radical (unpaired) electrons. The van der Waals surface area contributed by atoms with Gasteiger partial charge in [0.2, 0.25) is 5.91 Å². The van der Waals surface area contributed by atoms with Crippen LogP contribution in [-0.2, 0) is 21.4 Å². The molecule has 1 aliphatic rings. The number of hydrogen-bond acceptors (Lipinski definition) is 4. The first kappa shape index (κ1) is 18.2. The fourth-order valence-electron chi connectivity index (χ4n) is 3.29. The van der Waals surface area contributed by atoms with Gasteiger partial charge in [-0.25, -0.2) is 12.7 Å². The van der Waals surface area contributed by atoms with Crippen molar-refractivity contribution in [3.63, 3.8) is 0 Å². The zero-order chi connectivity index (χ0) is 19.7. The Morgan fingerprint density at radius 2 is 1.64 bits per heavy atom. The monoisotopic (exact) mass is 394 g/mol. The first-order valence-corrected chi connectivity index (χ1v) is 10.3. The molecular weight excluding hydrogens is 376 g/mol. The van der Waals surface area contributed by atoms with Crippen LogP contribution in [0.3, 0.4) is 0 Å². The van der Waals surface area contributed by atoms with Crippen molar-refractivity contribution in [3.05, 3.63) is 77.9 Å². The summed E-state index contributed by atoms with van der Waals surface area (Å²) >= 11 is 0. The molecule has 7 heteroatoms. The van der Waals surface area contributed by atoms with Gasteiger partial charge < -0.3 is 5.32 Å². The van der Waals surface area contributed by atoms with Gasteiger partial charge in [0.25, 0.3) is 15.9 Å². The molecule has 142 valence electrons. The summed E-state index contributed by atoms with van der Waals surface area (Å²) in [6.07, 6.45) is -0.0907. The first-order valence-electron chi connectivity index (χ1n) is 8.87. The van der Waals surface area contributed by atoms with E-state index in [1.165, 1.54) is 12.1 Å². The summed E-state index contributed by atoms with van der Waals surface area (Å²) in [5.41, 5.74) is 1.10. The van der Waals surface area contributed by atoms with Crippen LogP contribution in [0.2, 0.25) is 0 Å². The minimum atomic E-state index is -3.88. The highest BCUT2D eigenvalue weighted by atomic mass is 32.2. The van der Waals surface area contributed by atoms with Crippen molar-refractivity contribution in [2.45, 2.75) is 17.9 Å². The molecule has 4 rings (SSSR count). The number of nitrogens with one attached hydrogen (secondary N) is 1. The van der Waals surface area contributed by atoms with Gasteiger partial charge in [-0.2, -0.15) is 0 Å². The molecule has 0 fully saturated rings. The van der Waals surface area contributed by atoms with Crippen molar-refractivity contribution in [2.24, 2.45) is 0 Å². The lowest BCUT2D eigenvalue weighted by Gasteiger charge is -2.14. The highest BCUT2D eigenvalue weighted by Crippen LogP contribution is 2.29. The number of carbonyl (C=O) groups excluding carboxylic acids is 2. The highest BCUT2D eigenvalue weighted by Gasteiger charge is 2.40. The van der Waals surface area contributed by atoms with Crippen molar-refractivity contribution in [1.82, 2.24) is 9.62 Å². The molecule has 0 saturated carbocycles. The molecule has 0 saturated heterocycles. The summed E-state index contributed by atoms with van der Waals surface area (Å²) < 4.78 is 25.7. The molecule has 0 bridgehead atoms. The highest BCUT2D eigenvalue weighted by molar-refractivity contribution is 7.90. The van der Waals surface area contributed by atoms with Crippen molar-refractivity contribution in [1.29, 1.82) is 0 Å². The lowest BCUT2D eigenvalue weighted by molar-refractivity contribution is -0.121. The number of fused-ring (bicyclic) bond motifs is 2. The van der Waals surface area contributed by atoms with Gasteiger partial charge in [-0.3, -0.25) is 9.59 Å². The van der Waals surface area contributed by atoms with Crippen LogP contribution in [0.5, 0.6) is 0 Å². The molecule has 1 N–H and O–H groups in total. The average Bonchev–Trinajstić information content (AvgIpc) is 2.90. The zero-order valence-corrected chi connectivity index (χ0v) is 15.8. The van der Waals surface area contributed by atoms with Crippen molar-refractivity contribution in [3.8, 4) is 0 Å². The van der Waals surface area contributed by atoms with Crippen molar-refractivity contribution < 1.29 is 18.0 Å². The molecule has 0 aromatic heterocycles. The van der Waals surface area contributed by atoms with E-state index in [1.807, 2.05) is 42.5 Å². The summed E-state index contributed by atoms with van der Waals surface area (Å²) in [4.78, 5) is 24.5. The minimum Gasteiger partial charge on any atom is -0.352 e. The SMILES string of the molecule is O=C(CCN1C(=O)c2ccccc2S1(=O)=O)NCc1ccc2ccccc2c1. The Morgan fingerprint density at radius 3 is 2.43 bits per heavy atom. The molecule has 3 aromatic rings. The maximum absolute atomic E-state index is 12.5. The van der Waals surface area contributed by atoms with Crippen LogP contribution in [0.1, 0.15) is 22.3 Å². The van der Waals surface area contributed by atoms with E-state index in [2.05, 4.69) is 5.32 Å². The van der Waals surface area contributed by atoms with Gasteiger partial charge in [0.05, 0.1) is 5.56 Å². The summed E-state index contributed by atoms with van der Waals surface area (Å²) in [5, 5.41) is 4.98. The van der Waals surface area contributed by atoms with E-state index in [0.29, 0.717) is 6.54 Å². The largest absolute Gasteiger partial charge is 0.352 e. The number of carbonyl (C=O) groups is 2. The minimum absolute atomic E-state index is 0.00317. The van der Waals surface area contributed by atoms with Crippen LogP contribution in [-0.4, -0.2) is 31.1 Å². The van der Waals surface area contributed by atoms with Gasteiger partial charge in [-0.1, -0.05) is 48.5 Å². The Kier molecular flexibility index (Phi) is 4.60. The standard InChI is InChI=1S/C21H18N2O4S/c24-20(22-14-15-9-10-16-5-1-2-6-17(16)13-15)11-12-23-21(25)18-7-3-4-8-19(18)28(23,26)27/h1-10,13H,11-12,14H2,(H,22,24). The van der Waals surface area contributed by atoms with E-state index >= 15 is 0 Å². The molecule has 28 heavy (non-hydrogen) atoms. The smallest absolute Gasteiger partial charge is 0.269 e. The lowest BCUT2D eigenvalue weighted by atomic mass is 10.1. The Balaban J connectivity index is 1.37. The number of amides is 2. The zero-order valence-electron chi connectivity index (χ0n) is 15.0. The Hall–Kier alpha value is -3.19. The fraction of sp³-hybridized carbons (Fsp3) is 0.143. The van der Waals surface area contributed by atoms with E-state index in [0.717, 1.165) is 20.6 Å². The van der Waals surface area contributed by atoms with Crippen LogP contribution in [0.4, 0.5) is 0 Å². The van der Waals surface area contributed by atoms with Gasteiger partial charge in [0.15, 0.2) is 0 Å². The lowest BCUT2D eigenvalue weighted by Crippen LogP contribution is -2.34. The van der Waals surface area contributed by atoms with Gasteiger partial charge in [0.1, 0.15) is 4.90 Å². The number of rotatable bonds is 5. The fourth-order valence-corrected chi connectivity index (χ4v) is 4.86. The van der Waals surface area contributed by atoms with E-state index < -0.39 is 15.9 Å².